The van der Waals surface area contributed by atoms with E-state index in [9.17, 15) is 4.79 Å². The van der Waals surface area contributed by atoms with Crippen LogP contribution < -0.4 is 0 Å². The first kappa shape index (κ1) is 12.0. The number of ketones is 1. The average molecular weight is 242 g/mol. The van der Waals surface area contributed by atoms with Crippen molar-refractivity contribution in [2.24, 2.45) is 11.8 Å². The van der Waals surface area contributed by atoms with Crippen LogP contribution in [0.25, 0.3) is 0 Å². The van der Waals surface area contributed by atoms with Gasteiger partial charge in [0, 0.05) is 11.8 Å². The number of benzene rings is 1. The number of hydrogen-bond acceptors (Lipinski definition) is 1. The van der Waals surface area contributed by atoms with Gasteiger partial charge in [0.1, 0.15) is 5.78 Å². The molecule has 3 atom stereocenters. The largest absolute Gasteiger partial charge is 0.299 e. The summed E-state index contributed by atoms with van der Waals surface area (Å²) in [7, 11) is 0. The molecule has 0 N–H and O–H groups in total. The van der Waals surface area contributed by atoms with Crippen LogP contribution >= 0.6 is 0 Å². The van der Waals surface area contributed by atoms with Crippen LogP contribution in [0, 0.1) is 11.8 Å². The molecule has 1 aromatic carbocycles. The van der Waals surface area contributed by atoms with Crippen molar-refractivity contribution in [2.75, 3.05) is 0 Å². The predicted molar refractivity (Wildman–Crippen MR) is 73.6 cm³/mol. The quantitative estimate of drug-likeness (QED) is 0.779. The molecule has 0 bridgehead atoms. The van der Waals surface area contributed by atoms with E-state index in [1.807, 2.05) is 0 Å². The lowest BCUT2D eigenvalue weighted by Crippen LogP contribution is -2.35. The van der Waals surface area contributed by atoms with Crippen molar-refractivity contribution in [1.82, 2.24) is 0 Å². The second-order valence-corrected chi connectivity index (χ2v) is 5.92. The molecule has 1 heteroatoms. The molecular weight excluding hydrogens is 220 g/mol. The van der Waals surface area contributed by atoms with Gasteiger partial charge < -0.3 is 0 Å². The molecule has 0 amide bonds. The monoisotopic (exact) mass is 242 g/mol. The zero-order valence-electron chi connectivity index (χ0n) is 11.2. The molecule has 0 aliphatic heterocycles. The second-order valence-electron chi connectivity index (χ2n) is 5.92. The number of carbonyl (C=O) groups is 1. The molecule has 0 spiro atoms. The smallest absolute Gasteiger partial charge is 0.144 e. The van der Waals surface area contributed by atoms with E-state index in [1.54, 1.807) is 0 Å². The maximum absolute atomic E-state index is 12.7. The van der Waals surface area contributed by atoms with Crippen molar-refractivity contribution in [3.05, 3.63) is 35.4 Å². The maximum atomic E-state index is 12.7. The minimum atomic E-state index is 0.221. The summed E-state index contributed by atoms with van der Waals surface area (Å²) in [4.78, 5) is 12.7. The molecule has 3 rings (SSSR count). The predicted octanol–water partition coefficient (Wildman–Crippen LogP) is 4.11. The average Bonchev–Trinajstić information content (AvgIpc) is 2.40. The van der Waals surface area contributed by atoms with Gasteiger partial charge in [0.25, 0.3) is 0 Å². The topological polar surface area (TPSA) is 17.1 Å². The first-order valence-corrected chi connectivity index (χ1v) is 7.42. The van der Waals surface area contributed by atoms with E-state index < -0.39 is 0 Å². The SMILES string of the molecule is CCC1CCCCC1C(=O)C1Cc2ccccc21. The van der Waals surface area contributed by atoms with E-state index >= 15 is 0 Å². The Kier molecular flexibility index (Phi) is 3.23. The molecule has 2 aliphatic carbocycles. The van der Waals surface area contributed by atoms with Gasteiger partial charge in [-0.2, -0.15) is 0 Å². The lowest BCUT2D eigenvalue weighted by atomic mass is 9.66. The van der Waals surface area contributed by atoms with Gasteiger partial charge in [-0.15, -0.1) is 0 Å². The van der Waals surface area contributed by atoms with Crippen molar-refractivity contribution in [3.63, 3.8) is 0 Å². The summed E-state index contributed by atoms with van der Waals surface area (Å²) < 4.78 is 0. The highest BCUT2D eigenvalue weighted by atomic mass is 16.1. The highest BCUT2D eigenvalue weighted by Crippen LogP contribution is 2.42. The maximum Gasteiger partial charge on any atom is 0.144 e. The van der Waals surface area contributed by atoms with Gasteiger partial charge in [-0.25, -0.2) is 0 Å². The van der Waals surface area contributed by atoms with Crippen LogP contribution in [-0.2, 0) is 11.2 Å². The van der Waals surface area contributed by atoms with Crippen LogP contribution in [0.2, 0.25) is 0 Å². The van der Waals surface area contributed by atoms with Crippen LogP contribution in [0.3, 0.4) is 0 Å². The summed E-state index contributed by atoms with van der Waals surface area (Å²) >= 11 is 0. The van der Waals surface area contributed by atoms with Gasteiger partial charge in [-0.1, -0.05) is 50.5 Å². The molecular formula is C17H22O. The van der Waals surface area contributed by atoms with Gasteiger partial charge in [-0.3, -0.25) is 4.79 Å². The first-order chi connectivity index (χ1) is 8.81. The van der Waals surface area contributed by atoms with Gasteiger partial charge in [0.2, 0.25) is 0 Å². The minimum absolute atomic E-state index is 0.221. The third-order valence-electron chi connectivity index (χ3n) is 5.00. The molecule has 0 saturated heterocycles. The normalized spacial score (nSPS) is 30.4. The third-order valence-corrected chi connectivity index (χ3v) is 5.00. The number of rotatable bonds is 3. The highest BCUT2D eigenvalue weighted by Gasteiger charge is 2.38. The molecule has 1 saturated carbocycles. The molecule has 3 unspecified atom stereocenters. The first-order valence-electron chi connectivity index (χ1n) is 7.42. The van der Waals surface area contributed by atoms with E-state index in [0.717, 1.165) is 12.8 Å². The third kappa shape index (κ3) is 1.90. The van der Waals surface area contributed by atoms with Crippen LogP contribution in [0.5, 0.6) is 0 Å². The molecule has 0 radical (unpaired) electrons. The molecule has 2 aliphatic rings. The van der Waals surface area contributed by atoms with Crippen LogP contribution in [-0.4, -0.2) is 5.78 Å². The molecule has 1 fully saturated rings. The zero-order valence-corrected chi connectivity index (χ0v) is 11.2. The van der Waals surface area contributed by atoms with E-state index in [-0.39, 0.29) is 5.92 Å². The number of fused-ring (bicyclic) bond motifs is 1. The molecule has 1 aromatic rings. The van der Waals surface area contributed by atoms with E-state index in [0.29, 0.717) is 17.6 Å². The molecule has 96 valence electrons. The number of hydrogen-bond donors (Lipinski definition) is 0. The van der Waals surface area contributed by atoms with Crippen LogP contribution in [0.4, 0.5) is 0 Å². The van der Waals surface area contributed by atoms with E-state index in [4.69, 9.17) is 0 Å². The number of carbonyl (C=O) groups excluding carboxylic acids is 1. The molecule has 1 nitrogen and oxygen atoms in total. The lowest BCUT2D eigenvalue weighted by Gasteiger charge is -2.36. The van der Waals surface area contributed by atoms with Gasteiger partial charge >= 0.3 is 0 Å². The fourth-order valence-corrected chi connectivity index (χ4v) is 3.84. The van der Waals surface area contributed by atoms with Crippen molar-refractivity contribution in [1.29, 1.82) is 0 Å². The highest BCUT2D eigenvalue weighted by molar-refractivity contribution is 5.90. The fraction of sp³-hybridized carbons (Fsp3) is 0.588. The van der Waals surface area contributed by atoms with Gasteiger partial charge in [0.05, 0.1) is 0 Å². The Hall–Kier alpha value is -1.11. The Morgan fingerprint density at radius 3 is 2.78 bits per heavy atom. The van der Waals surface area contributed by atoms with E-state index in [1.165, 1.54) is 36.8 Å². The summed E-state index contributed by atoms with van der Waals surface area (Å²) in [6.45, 7) is 2.24. The standard InChI is InChI=1S/C17H22O/c1-2-12-7-3-6-10-15(12)17(18)16-11-13-8-4-5-9-14(13)16/h4-5,8-9,12,15-16H,2-3,6-7,10-11H2,1H3. The Balaban J connectivity index is 1.76. The van der Waals surface area contributed by atoms with Crippen LogP contribution in [0.15, 0.2) is 24.3 Å². The number of Topliss-reactive ketones (excluding diaryl/α,β-unsaturated/α-hetero) is 1. The molecule has 0 heterocycles. The van der Waals surface area contributed by atoms with E-state index in [2.05, 4.69) is 31.2 Å². The molecule has 18 heavy (non-hydrogen) atoms. The Bertz CT molecular complexity index is 449. The Morgan fingerprint density at radius 1 is 1.22 bits per heavy atom. The second kappa shape index (κ2) is 4.87. The van der Waals surface area contributed by atoms with Crippen molar-refractivity contribution in [3.8, 4) is 0 Å². The van der Waals surface area contributed by atoms with Crippen molar-refractivity contribution < 1.29 is 4.79 Å². The summed E-state index contributed by atoms with van der Waals surface area (Å²) in [5.41, 5.74) is 2.70. The minimum Gasteiger partial charge on any atom is -0.299 e. The van der Waals surface area contributed by atoms with Gasteiger partial charge in [0.15, 0.2) is 0 Å². The summed E-state index contributed by atoms with van der Waals surface area (Å²) in [5, 5.41) is 0. The Morgan fingerprint density at radius 2 is 2.00 bits per heavy atom. The van der Waals surface area contributed by atoms with Gasteiger partial charge in [-0.05, 0) is 36.3 Å². The zero-order chi connectivity index (χ0) is 12.5. The summed E-state index contributed by atoms with van der Waals surface area (Å²) in [5.74, 6) is 1.76. The van der Waals surface area contributed by atoms with Crippen molar-refractivity contribution in [2.45, 2.75) is 51.4 Å². The summed E-state index contributed by atoms with van der Waals surface area (Å²) in [6, 6.07) is 8.45. The van der Waals surface area contributed by atoms with Crippen LogP contribution in [0.1, 0.15) is 56.1 Å². The summed E-state index contributed by atoms with van der Waals surface area (Å²) in [6.07, 6.45) is 7.13. The lowest BCUT2D eigenvalue weighted by molar-refractivity contribution is -0.127. The fourth-order valence-electron chi connectivity index (χ4n) is 3.84. The molecule has 0 aromatic heterocycles. The van der Waals surface area contributed by atoms with Crippen molar-refractivity contribution >= 4 is 5.78 Å². The Labute approximate surface area is 110 Å².